The predicted octanol–water partition coefficient (Wildman–Crippen LogP) is 6.86. The molecule has 1 fully saturated rings. The Morgan fingerprint density at radius 2 is 1.68 bits per heavy atom. The molecule has 8 heteroatoms. The quantitative estimate of drug-likeness (QED) is 0.223. The zero-order valence-electron chi connectivity index (χ0n) is 22.8. The lowest BCUT2D eigenvalue weighted by atomic mass is 10.0. The molecule has 0 spiro atoms. The first-order valence-corrected chi connectivity index (χ1v) is 14.5. The normalized spacial score (nSPS) is 14.0. The van der Waals surface area contributed by atoms with Crippen LogP contribution in [0.4, 0.5) is 0 Å². The Hall–Kier alpha value is -3.22. The van der Waals surface area contributed by atoms with E-state index in [9.17, 15) is 9.59 Å². The van der Waals surface area contributed by atoms with Crippen molar-refractivity contribution in [2.45, 2.75) is 63.6 Å². The minimum Gasteiger partial charge on any atom is -0.497 e. The second-order valence-corrected chi connectivity index (χ2v) is 10.9. The predicted molar refractivity (Wildman–Crippen MR) is 159 cm³/mol. The van der Waals surface area contributed by atoms with E-state index in [1.807, 2.05) is 60.7 Å². The van der Waals surface area contributed by atoms with E-state index in [0.29, 0.717) is 35.2 Å². The van der Waals surface area contributed by atoms with Crippen molar-refractivity contribution in [3.63, 3.8) is 0 Å². The summed E-state index contributed by atoms with van der Waals surface area (Å²) in [6.45, 7) is 0.564. The van der Waals surface area contributed by atoms with Crippen LogP contribution in [-0.2, 0) is 22.6 Å². The lowest BCUT2D eigenvalue weighted by Crippen LogP contribution is -2.52. The number of nitrogens with one attached hydrogen (secondary N) is 1. The zero-order valence-corrected chi connectivity index (χ0v) is 24.3. The fourth-order valence-electron chi connectivity index (χ4n) is 4.98. The number of benzene rings is 3. The highest BCUT2D eigenvalue weighted by Crippen LogP contribution is 2.25. The molecule has 0 aliphatic heterocycles. The first-order valence-electron chi connectivity index (χ1n) is 13.8. The Balaban J connectivity index is 1.52. The summed E-state index contributed by atoms with van der Waals surface area (Å²) in [7, 11) is 1.61. The van der Waals surface area contributed by atoms with Gasteiger partial charge < -0.3 is 19.7 Å². The van der Waals surface area contributed by atoms with E-state index in [0.717, 1.165) is 42.6 Å². The third-order valence-electron chi connectivity index (χ3n) is 7.19. The van der Waals surface area contributed by atoms with E-state index in [2.05, 4.69) is 5.32 Å². The summed E-state index contributed by atoms with van der Waals surface area (Å²) in [6.07, 6.45) is 5.25. The summed E-state index contributed by atoms with van der Waals surface area (Å²) < 4.78 is 11.0. The molecule has 0 radical (unpaired) electrons. The number of methoxy groups -OCH3 is 1. The van der Waals surface area contributed by atoms with Gasteiger partial charge in [0.25, 0.3) is 0 Å². The van der Waals surface area contributed by atoms with Crippen molar-refractivity contribution in [3.8, 4) is 11.5 Å². The number of carbonyl (C=O) groups is 2. The van der Waals surface area contributed by atoms with E-state index < -0.39 is 6.04 Å². The fourth-order valence-corrected chi connectivity index (χ4v) is 5.45. The topological polar surface area (TPSA) is 67.9 Å². The van der Waals surface area contributed by atoms with E-state index in [-0.39, 0.29) is 30.8 Å². The van der Waals surface area contributed by atoms with Gasteiger partial charge in [-0.05, 0) is 66.8 Å². The van der Waals surface area contributed by atoms with Crippen LogP contribution < -0.4 is 14.8 Å². The van der Waals surface area contributed by atoms with Gasteiger partial charge in [0.2, 0.25) is 11.8 Å². The second-order valence-electron chi connectivity index (χ2n) is 10.1. The highest BCUT2D eigenvalue weighted by atomic mass is 35.5. The Kier molecular flexibility index (Phi) is 11.1. The number of nitrogens with zero attached hydrogens (tertiary/aromatic N) is 1. The molecule has 1 aliphatic rings. The van der Waals surface area contributed by atoms with Crippen LogP contribution in [0.3, 0.4) is 0 Å². The van der Waals surface area contributed by atoms with Gasteiger partial charge in [0.1, 0.15) is 17.5 Å². The van der Waals surface area contributed by atoms with Gasteiger partial charge in [-0.15, -0.1) is 0 Å². The molecule has 0 bridgehead atoms. The van der Waals surface area contributed by atoms with Gasteiger partial charge in [-0.1, -0.05) is 72.4 Å². The third kappa shape index (κ3) is 8.64. The first kappa shape index (κ1) is 29.8. The van der Waals surface area contributed by atoms with Crippen LogP contribution >= 0.6 is 23.2 Å². The smallest absolute Gasteiger partial charge is 0.243 e. The molecule has 40 heavy (non-hydrogen) atoms. The minimum absolute atomic E-state index is 0.133. The lowest BCUT2D eigenvalue weighted by Gasteiger charge is -2.32. The first-order chi connectivity index (χ1) is 19.4. The molecule has 6 nitrogen and oxygen atoms in total. The van der Waals surface area contributed by atoms with Crippen LogP contribution in [0.25, 0.3) is 0 Å². The number of hydrogen-bond donors (Lipinski definition) is 1. The van der Waals surface area contributed by atoms with Crippen LogP contribution in [0, 0.1) is 0 Å². The molecule has 1 atom stereocenters. The van der Waals surface area contributed by atoms with Gasteiger partial charge in [0.05, 0.1) is 13.7 Å². The molecule has 2 amide bonds. The molecule has 1 N–H and O–H groups in total. The van der Waals surface area contributed by atoms with Crippen molar-refractivity contribution in [2.24, 2.45) is 0 Å². The van der Waals surface area contributed by atoms with Crippen LogP contribution in [0.5, 0.6) is 11.5 Å². The maximum Gasteiger partial charge on any atom is 0.243 e. The molecule has 0 heterocycles. The maximum absolute atomic E-state index is 13.8. The minimum atomic E-state index is -0.690. The summed E-state index contributed by atoms with van der Waals surface area (Å²) in [5.41, 5.74) is 1.72. The Morgan fingerprint density at radius 1 is 0.975 bits per heavy atom. The fraction of sp³-hybridized carbons (Fsp3) is 0.375. The summed E-state index contributed by atoms with van der Waals surface area (Å²) in [5.74, 6) is 1.19. The van der Waals surface area contributed by atoms with Gasteiger partial charge in [-0.3, -0.25) is 9.59 Å². The number of rotatable bonds is 13. The number of hydrogen-bond acceptors (Lipinski definition) is 4. The van der Waals surface area contributed by atoms with Crippen molar-refractivity contribution in [2.75, 3.05) is 13.7 Å². The van der Waals surface area contributed by atoms with Crippen LogP contribution in [0.2, 0.25) is 10.0 Å². The molecule has 0 saturated heterocycles. The van der Waals surface area contributed by atoms with Gasteiger partial charge >= 0.3 is 0 Å². The van der Waals surface area contributed by atoms with Crippen LogP contribution in [0.15, 0.2) is 72.8 Å². The SMILES string of the molecule is COc1ccc(OCCCC(=O)N(Cc2ccc(Cl)cc2Cl)[C@H](Cc2ccccc2)C(=O)NC2CCCC2)cc1. The average molecular weight is 584 g/mol. The molecule has 1 saturated carbocycles. The van der Waals surface area contributed by atoms with Crippen molar-refractivity contribution >= 4 is 35.0 Å². The monoisotopic (exact) mass is 582 g/mol. The lowest BCUT2D eigenvalue weighted by molar-refractivity contribution is -0.141. The Morgan fingerprint density at radius 3 is 2.35 bits per heavy atom. The number of carbonyl (C=O) groups excluding carboxylic acids is 2. The Bertz CT molecular complexity index is 1250. The number of amides is 2. The average Bonchev–Trinajstić information content (AvgIpc) is 3.48. The number of halogens is 2. The highest BCUT2D eigenvalue weighted by molar-refractivity contribution is 6.35. The van der Waals surface area contributed by atoms with E-state index in [4.69, 9.17) is 32.7 Å². The largest absolute Gasteiger partial charge is 0.497 e. The summed E-state index contributed by atoms with van der Waals surface area (Å²) >= 11 is 12.7. The van der Waals surface area contributed by atoms with Crippen LogP contribution in [0.1, 0.15) is 49.7 Å². The van der Waals surface area contributed by atoms with E-state index >= 15 is 0 Å². The molecular weight excluding hydrogens is 547 g/mol. The maximum atomic E-state index is 13.8. The summed E-state index contributed by atoms with van der Waals surface area (Å²) in [4.78, 5) is 29.2. The van der Waals surface area contributed by atoms with Crippen molar-refractivity contribution in [1.82, 2.24) is 10.2 Å². The molecule has 3 aromatic carbocycles. The second kappa shape index (κ2) is 15.0. The van der Waals surface area contributed by atoms with Gasteiger partial charge in [0.15, 0.2) is 0 Å². The summed E-state index contributed by atoms with van der Waals surface area (Å²) in [6, 6.07) is 21.8. The van der Waals surface area contributed by atoms with Crippen LogP contribution in [-0.4, -0.2) is 42.5 Å². The van der Waals surface area contributed by atoms with Gasteiger partial charge in [0, 0.05) is 35.5 Å². The number of ether oxygens (including phenoxy) is 2. The standard InChI is InChI=1S/C32H36Cl2N2O4/c1-39-27-15-17-28(18-16-27)40-19-7-12-31(37)36(22-24-13-14-25(33)21-29(24)34)30(20-23-8-3-2-4-9-23)32(38)35-26-10-5-6-11-26/h2-4,8-9,13-18,21,26,30H,5-7,10-12,19-20,22H2,1H3,(H,35,38)/t30-/m1/s1. The van der Waals surface area contributed by atoms with Gasteiger partial charge in [-0.25, -0.2) is 0 Å². The van der Waals surface area contributed by atoms with E-state index in [1.54, 1.807) is 24.1 Å². The molecule has 4 rings (SSSR count). The van der Waals surface area contributed by atoms with Crippen molar-refractivity contribution < 1.29 is 19.1 Å². The zero-order chi connectivity index (χ0) is 28.3. The highest BCUT2D eigenvalue weighted by Gasteiger charge is 2.32. The van der Waals surface area contributed by atoms with E-state index in [1.165, 1.54) is 0 Å². The molecule has 1 aliphatic carbocycles. The molecule has 0 aromatic heterocycles. The third-order valence-corrected chi connectivity index (χ3v) is 7.78. The molecule has 3 aromatic rings. The molecular formula is C32H36Cl2N2O4. The molecule has 0 unspecified atom stereocenters. The van der Waals surface area contributed by atoms with Crippen molar-refractivity contribution in [3.05, 3.63) is 94.0 Å². The van der Waals surface area contributed by atoms with Gasteiger partial charge in [-0.2, -0.15) is 0 Å². The molecule has 212 valence electrons. The Labute approximate surface area is 246 Å². The summed E-state index contributed by atoms with van der Waals surface area (Å²) in [5, 5.41) is 4.20. The van der Waals surface area contributed by atoms with Crippen molar-refractivity contribution in [1.29, 1.82) is 0 Å².